The summed E-state index contributed by atoms with van der Waals surface area (Å²) in [7, 11) is 1.53. The molecule has 0 radical (unpaired) electrons. The second-order valence-electron chi connectivity index (χ2n) is 6.17. The first-order valence-electron chi connectivity index (χ1n) is 8.93. The number of carbonyl (C=O) groups excluding carboxylic acids is 2. The van der Waals surface area contributed by atoms with E-state index in [-0.39, 0.29) is 10.7 Å². The van der Waals surface area contributed by atoms with Crippen molar-refractivity contribution in [3.8, 4) is 11.5 Å². The first-order valence-corrected chi connectivity index (χ1v) is 10.1. The molecule has 2 amide bonds. The molecule has 0 bridgehead atoms. The fourth-order valence-corrected chi connectivity index (χ4v) is 3.49. The highest BCUT2D eigenvalue weighted by molar-refractivity contribution is 9.10. The fraction of sp³-hybridized carbons (Fsp3) is 0.190. The summed E-state index contributed by atoms with van der Waals surface area (Å²) in [5.41, 5.74) is 1.14. The van der Waals surface area contributed by atoms with Gasteiger partial charge in [0.05, 0.1) is 19.4 Å². The van der Waals surface area contributed by atoms with Crippen LogP contribution in [-0.2, 0) is 9.59 Å². The highest BCUT2D eigenvalue weighted by Gasteiger charge is 2.34. The Morgan fingerprint density at radius 3 is 2.55 bits per heavy atom. The summed E-state index contributed by atoms with van der Waals surface area (Å²) in [6, 6.07) is 12.4. The van der Waals surface area contributed by atoms with Crippen LogP contribution in [0.2, 0.25) is 0 Å². The van der Waals surface area contributed by atoms with E-state index in [4.69, 9.17) is 21.7 Å². The molecule has 1 aliphatic rings. The number of hydrogen-bond acceptors (Lipinski definition) is 5. The maximum Gasteiger partial charge on any atom is 0.270 e. The first kappa shape index (κ1) is 21.0. The van der Waals surface area contributed by atoms with Gasteiger partial charge in [0.25, 0.3) is 11.8 Å². The summed E-state index contributed by atoms with van der Waals surface area (Å²) in [6.07, 6.45) is 2.36. The van der Waals surface area contributed by atoms with E-state index in [1.807, 2.05) is 13.0 Å². The molecule has 1 saturated heterocycles. The lowest BCUT2D eigenvalue weighted by Crippen LogP contribution is -2.54. The Kier molecular flexibility index (Phi) is 6.66. The van der Waals surface area contributed by atoms with E-state index in [1.54, 1.807) is 36.4 Å². The van der Waals surface area contributed by atoms with Gasteiger partial charge in [-0.05, 0) is 54.5 Å². The third-order valence-corrected chi connectivity index (χ3v) is 5.13. The monoisotopic (exact) mass is 474 g/mol. The number of carbonyl (C=O) groups is 2. The van der Waals surface area contributed by atoms with Gasteiger partial charge in [-0.3, -0.25) is 19.8 Å². The molecule has 0 atom stereocenters. The van der Waals surface area contributed by atoms with Gasteiger partial charge in [0.1, 0.15) is 5.57 Å². The van der Waals surface area contributed by atoms with Gasteiger partial charge < -0.3 is 9.47 Å². The van der Waals surface area contributed by atoms with E-state index >= 15 is 0 Å². The smallest absolute Gasteiger partial charge is 0.270 e. The molecular formula is C21H19BrN2O4S. The van der Waals surface area contributed by atoms with E-state index < -0.39 is 11.8 Å². The molecule has 0 aliphatic carbocycles. The van der Waals surface area contributed by atoms with Crippen LogP contribution in [-0.4, -0.2) is 30.6 Å². The van der Waals surface area contributed by atoms with E-state index in [0.717, 1.165) is 6.42 Å². The van der Waals surface area contributed by atoms with Gasteiger partial charge >= 0.3 is 0 Å². The van der Waals surface area contributed by atoms with Crippen molar-refractivity contribution in [2.75, 3.05) is 18.6 Å². The first-order chi connectivity index (χ1) is 14.0. The molecule has 1 fully saturated rings. The number of rotatable bonds is 6. The molecule has 6 nitrogen and oxygen atoms in total. The molecular weight excluding hydrogens is 456 g/mol. The predicted molar refractivity (Wildman–Crippen MR) is 119 cm³/mol. The molecule has 8 heteroatoms. The largest absolute Gasteiger partial charge is 0.493 e. The highest BCUT2D eigenvalue weighted by atomic mass is 79.9. The maximum atomic E-state index is 13.1. The van der Waals surface area contributed by atoms with Crippen molar-refractivity contribution in [2.45, 2.75) is 13.3 Å². The summed E-state index contributed by atoms with van der Waals surface area (Å²) in [6.45, 7) is 2.56. The Labute approximate surface area is 182 Å². The zero-order valence-corrected chi connectivity index (χ0v) is 18.3. The van der Waals surface area contributed by atoms with Gasteiger partial charge in [0.15, 0.2) is 16.6 Å². The second-order valence-corrected chi connectivity index (χ2v) is 7.41. The average molecular weight is 475 g/mol. The summed E-state index contributed by atoms with van der Waals surface area (Å²) in [4.78, 5) is 26.8. The zero-order valence-electron chi connectivity index (χ0n) is 15.9. The Morgan fingerprint density at radius 1 is 1.17 bits per heavy atom. The summed E-state index contributed by atoms with van der Waals surface area (Å²) in [5, 5.41) is 2.62. The van der Waals surface area contributed by atoms with Crippen molar-refractivity contribution in [1.29, 1.82) is 0 Å². The Bertz CT molecular complexity index is 992. The van der Waals surface area contributed by atoms with E-state index in [2.05, 4.69) is 21.2 Å². The van der Waals surface area contributed by atoms with Crippen LogP contribution < -0.4 is 19.7 Å². The predicted octanol–water partition coefficient (Wildman–Crippen LogP) is 4.08. The SMILES string of the molecule is CCCOc1cc(Br)c(/C=C2/C(=O)NC(=S)N(c3ccccc3)C2=O)cc1OC. The van der Waals surface area contributed by atoms with Gasteiger partial charge in [0, 0.05) is 4.47 Å². The Morgan fingerprint density at radius 2 is 1.90 bits per heavy atom. The number of para-hydroxylation sites is 1. The van der Waals surface area contributed by atoms with Crippen LogP contribution in [0.4, 0.5) is 5.69 Å². The Hall–Kier alpha value is -2.71. The number of halogens is 1. The van der Waals surface area contributed by atoms with Crippen LogP contribution >= 0.6 is 28.1 Å². The number of ether oxygens (including phenoxy) is 2. The second kappa shape index (κ2) is 9.19. The van der Waals surface area contributed by atoms with Crippen molar-refractivity contribution >= 4 is 56.8 Å². The molecule has 0 spiro atoms. The summed E-state index contributed by atoms with van der Waals surface area (Å²) < 4.78 is 11.7. The van der Waals surface area contributed by atoms with Crippen LogP contribution in [0.3, 0.4) is 0 Å². The standard InChI is InChI=1S/C21H19BrN2O4S/c1-3-9-28-18-12-16(22)13(11-17(18)27-2)10-15-19(25)23-21(29)24(20(15)26)14-7-5-4-6-8-14/h4-8,10-12H,3,9H2,1-2H3,(H,23,25,29)/b15-10-. The van der Waals surface area contributed by atoms with Crippen molar-refractivity contribution in [3.05, 3.63) is 58.1 Å². The quantitative estimate of drug-likeness (QED) is 0.388. The zero-order chi connectivity index (χ0) is 21.0. The molecule has 1 heterocycles. The van der Waals surface area contributed by atoms with Gasteiger partial charge in [-0.25, -0.2) is 0 Å². The van der Waals surface area contributed by atoms with Crippen LogP contribution in [0, 0.1) is 0 Å². The molecule has 29 heavy (non-hydrogen) atoms. The number of amides is 2. The third kappa shape index (κ3) is 4.49. The van der Waals surface area contributed by atoms with Crippen LogP contribution in [0.15, 0.2) is 52.5 Å². The van der Waals surface area contributed by atoms with Gasteiger partial charge in [-0.15, -0.1) is 0 Å². The normalized spacial score (nSPS) is 15.5. The molecule has 3 rings (SSSR count). The summed E-state index contributed by atoms with van der Waals surface area (Å²) >= 11 is 8.68. The van der Waals surface area contributed by atoms with Crippen molar-refractivity contribution < 1.29 is 19.1 Å². The highest BCUT2D eigenvalue weighted by Crippen LogP contribution is 2.35. The van der Waals surface area contributed by atoms with E-state index in [9.17, 15) is 9.59 Å². The molecule has 2 aromatic carbocycles. The van der Waals surface area contributed by atoms with Gasteiger partial charge in [-0.2, -0.15) is 0 Å². The van der Waals surface area contributed by atoms with Crippen LogP contribution in [0.1, 0.15) is 18.9 Å². The van der Waals surface area contributed by atoms with Crippen molar-refractivity contribution in [1.82, 2.24) is 5.32 Å². The van der Waals surface area contributed by atoms with Gasteiger partial charge in [-0.1, -0.05) is 41.1 Å². The minimum Gasteiger partial charge on any atom is -0.493 e. The third-order valence-electron chi connectivity index (χ3n) is 4.16. The number of nitrogens with one attached hydrogen (secondary N) is 1. The van der Waals surface area contributed by atoms with E-state index in [0.29, 0.717) is 33.8 Å². The Balaban J connectivity index is 2.01. The number of methoxy groups -OCH3 is 1. The molecule has 1 N–H and O–H groups in total. The topological polar surface area (TPSA) is 67.9 Å². The van der Waals surface area contributed by atoms with Crippen LogP contribution in [0.25, 0.3) is 6.08 Å². The summed E-state index contributed by atoms with van der Waals surface area (Å²) in [5.74, 6) is 0.0361. The molecule has 0 aromatic heterocycles. The molecule has 150 valence electrons. The number of anilines is 1. The molecule has 1 aliphatic heterocycles. The number of nitrogens with zero attached hydrogens (tertiary/aromatic N) is 1. The molecule has 2 aromatic rings. The molecule has 0 saturated carbocycles. The van der Waals surface area contributed by atoms with Crippen molar-refractivity contribution in [2.24, 2.45) is 0 Å². The number of hydrogen-bond donors (Lipinski definition) is 1. The maximum absolute atomic E-state index is 13.1. The van der Waals surface area contributed by atoms with E-state index in [1.165, 1.54) is 18.1 Å². The lowest BCUT2D eigenvalue weighted by molar-refractivity contribution is -0.122. The minimum atomic E-state index is -0.552. The van der Waals surface area contributed by atoms with Gasteiger partial charge in [0.2, 0.25) is 0 Å². The lowest BCUT2D eigenvalue weighted by atomic mass is 10.1. The fourth-order valence-electron chi connectivity index (χ4n) is 2.77. The van der Waals surface area contributed by atoms with Crippen molar-refractivity contribution in [3.63, 3.8) is 0 Å². The van der Waals surface area contributed by atoms with Crippen LogP contribution in [0.5, 0.6) is 11.5 Å². The minimum absolute atomic E-state index is 0.0348. The number of benzene rings is 2. The number of thiocarbonyl (C=S) groups is 1. The molecule has 0 unspecified atom stereocenters. The average Bonchev–Trinajstić information content (AvgIpc) is 2.71. The lowest BCUT2D eigenvalue weighted by Gasteiger charge is -2.29.